The molecule has 88 valence electrons. The molecule has 1 unspecified atom stereocenters. The molecule has 1 atom stereocenters. The van der Waals surface area contributed by atoms with Gasteiger partial charge >= 0.3 is 0 Å². The molecule has 0 aliphatic carbocycles. The summed E-state index contributed by atoms with van der Waals surface area (Å²) in [5, 5.41) is 5.68. The lowest BCUT2D eigenvalue weighted by Crippen LogP contribution is -2.32. The molecule has 0 aliphatic heterocycles. The fraction of sp³-hybridized carbons (Fsp3) is 0.455. The van der Waals surface area contributed by atoms with Crippen molar-refractivity contribution in [3.8, 4) is 0 Å². The molecule has 1 amide bonds. The maximum absolute atomic E-state index is 13.2. The molecule has 16 heavy (non-hydrogen) atoms. The summed E-state index contributed by atoms with van der Waals surface area (Å²) in [4.78, 5) is 15.2. The molecule has 0 aliphatic rings. The topological polar surface area (TPSA) is 54.0 Å². The number of carbonyl (C=O) groups is 1. The van der Waals surface area contributed by atoms with Crippen LogP contribution >= 0.6 is 0 Å². The molecule has 1 aromatic heterocycles. The van der Waals surface area contributed by atoms with Crippen molar-refractivity contribution >= 4 is 5.91 Å². The fourth-order valence-electron chi connectivity index (χ4n) is 1.34. The third-order valence-electron chi connectivity index (χ3n) is 2.18. The van der Waals surface area contributed by atoms with Crippen LogP contribution in [0.3, 0.4) is 0 Å². The van der Waals surface area contributed by atoms with Crippen LogP contribution in [0.25, 0.3) is 0 Å². The van der Waals surface area contributed by atoms with E-state index in [0.29, 0.717) is 12.5 Å². The number of halogens is 1. The van der Waals surface area contributed by atoms with Crippen molar-refractivity contribution in [3.05, 3.63) is 29.8 Å². The first-order valence-corrected chi connectivity index (χ1v) is 5.17. The highest BCUT2D eigenvalue weighted by Gasteiger charge is 2.11. The smallest absolute Gasteiger partial charge is 0.254 e. The Bertz CT molecular complexity index is 357. The second-order valence-corrected chi connectivity index (χ2v) is 3.73. The van der Waals surface area contributed by atoms with E-state index >= 15 is 0 Å². The third kappa shape index (κ3) is 3.58. The van der Waals surface area contributed by atoms with Gasteiger partial charge in [-0.2, -0.15) is 0 Å². The van der Waals surface area contributed by atoms with Crippen LogP contribution in [-0.2, 0) is 0 Å². The fourth-order valence-corrected chi connectivity index (χ4v) is 1.34. The Morgan fingerprint density at radius 1 is 1.56 bits per heavy atom. The largest absolute Gasteiger partial charge is 0.352 e. The van der Waals surface area contributed by atoms with E-state index in [1.165, 1.54) is 12.3 Å². The monoisotopic (exact) mass is 225 g/mol. The van der Waals surface area contributed by atoms with Crippen molar-refractivity contribution in [2.45, 2.75) is 6.92 Å². The van der Waals surface area contributed by atoms with Crippen LogP contribution in [0.5, 0.6) is 0 Å². The summed E-state index contributed by atoms with van der Waals surface area (Å²) in [7, 11) is 1.85. The first-order chi connectivity index (χ1) is 7.65. The van der Waals surface area contributed by atoms with Crippen molar-refractivity contribution in [1.82, 2.24) is 15.6 Å². The number of hydrogen-bond donors (Lipinski definition) is 2. The lowest BCUT2D eigenvalue weighted by Gasteiger charge is -2.11. The molecule has 0 aromatic carbocycles. The van der Waals surface area contributed by atoms with Gasteiger partial charge in [0.05, 0.1) is 11.8 Å². The highest BCUT2D eigenvalue weighted by atomic mass is 19.1. The zero-order valence-corrected chi connectivity index (χ0v) is 9.46. The quantitative estimate of drug-likeness (QED) is 0.779. The Hall–Kier alpha value is -1.49. The lowest BCUT2D eigenvalue weighted by molar-refractivity contribution is 0.0944. The van der Waals surface area contributed by atoms with Crippen molar-refractivity contribution < 1.29 is 9.18 Å². The van der Waals surface area contributed by atoms with Crippen molar-refractivity contribution in [3.63, 3.8) is 0 Å². The Kier molecular flexibility index (Phi) is 4.85. The molecule has 1 aromatic rings. The van der Waals surface area contributed by atoms with Gasteiger partial charge in [0.2, 0.25) is 0 Å². The average Bonchev–Trinajstić information content (AvgIpc) is 2.27. The van der Waals surface area contributed by atoms with E-state index < -0.39 is 11.7 Å². The number of carbonyl (C=O) groups excluding carboxylic acids is 1. The summed E-state index contributed by atoms with van der Waals surface area (Å²) < 4.78 is 13.2. The van der Waals surface area contributed by atoms with Crippen LogP contribution in [0.1, 0.15) is 17.3 Å². The molecule has 0 spiro atoms. The summed E-state index contributed by atoms with van der Waals surface area (Å²) in [6.45, 7) is 3.32. The average molecular weight is 225 g/mol. The van der Waals surface area contributed by atoms with Gasteiger partial charge in [-0.25, -0.2) is 4.39 Å². The van der Waals surface area contributed by atoms with E-state index in [-0.39, 0.29) is 5.56 Å². The molecule has 0 saturated heterocycles. The summed E-state index contributed by atoms with van der Waals surface area (Å²) in [5.41, 5.74) is 0.0339. The van der Waals surface area contributed by atoms with E-state index in [2.05, 4.69) is 15.6 Å². The van der Waals surface area contributed by atoms with Crippen LogP contribution < -0.4 is 10.6 Å². The predicted molar refractivity (Wildman–Crippen MR) is 59.6 cm³/mol. The summed E-state index contributed by atoms with van der Waals surface area (Å²) in [5.74, 6) is -0.692. The first-order valence-electron chi connectivity index (χ1n) is 5.17. The third-order valence-corrected chi connectivity index (χ3v) is 2.18. The Labute approximate surface area is 94.3 Å². The molecule has 2 N–H and O–H groups in total. The predicted octanol–water partition coefficient (Wildman–Crippen LogP) is 0.806. The minimum Gasteiger partial charge on any atom is -0.352 e. The Balaban J connectivity index is 2.50. The summed E-state index contributed by atoms with van der Waals surface area (Å²) in [6, 6.07) is 1.37. The molecule has 5 heteroatoms. The lowest BCUT2D eigenvalue weighted by atomic mass is 10.1. The highest BCUT2D eigenvalue weighted by molar-refractivity contribution is 5.94. The second-order valence-electron chi connectivity index (χ2n) is 3.73. The van der Waals surface area contributed by atoms with Crippen LogP contribution in [0, 0.1) is 11.7 Å². The second kappa shape index (κ2) is 6.17. The van der Waals surface area contributed by atoms with Crippen LogP contribution in [-0.4, -0.2) is 31.0 Å². The first kappa shape index (κ1) is 12.6. The van der Waals surface area contributed by atoms with Gasteiger partial charge in [0.1, 0.15) is 0 Å². The zero-order chi connectivity index (χ0) is 12.0. The molecule has 0 saturated carbocycles. The number of aromatic nitrogens is 1. The molecule has 0 fully saturated rings. The number of hydrogen-bond acceptors (Lipinski definition) is 3. The van der Waals surface area contributed by atoms with Crippen molar-refractivity contribution in [2.24, 2.45) is 5.92 Å². The number of nitrogens with one attached hydrogen (secondary N) is 2. The van der Waals surface area contributed by atoms with Crippen LogP contribution in [0.2, 0.25) is 0 Å². The van der Waals surface area contributed by atoms with Gasteiger partial charge in [0.25, 0.3) is 5.91 Å². The normalized spacial score (nSPS) is 12.2. The molecule has 0 bridgehead atoms. The molecule has 1 heterocycles. The van der Waals surface area contributed by atoms with Crippen molar-refractivity contribution in [1.29, 1.82) is 0 Å². The van der Waals surface area contributed by atoms with Crippen molar-refractivity contribution in [2.75, 3.05) is 20.1 Å². The molecule has 0 radical (unpaired) electrons. The Morgan fingerprint density at radius 3 is 2.94 bits per heavy atom. The summed E-state index contributed by atoms with van der Waals surface area (Å²) >= 11 is 0. The summed E-state index contributed by atoms with van der Waals surface area (Å²) in [6.07, 6.45) is 2.43. The van der Waals surface area contributed by atoms with Gasteiger partial charge in [-0.05, 0) is 25.6 Å². The van der Waals surface area contributed by atoms with Crippen LogP contribution in [0.15, 0.2) is 18.5 Å². The minimum absolute atomic E-state index is 0.0339. The van der Waals surface area contributed by atoms with E-state index in [0.717, 1.165) is 12.7 Å². The van der Waals surface area contributed by atoms with E-state index in [4.69, 9.17) is 0 Å². The SMILES string of the molecule is CNCC(C)CNC(=O)c1ccncc1F. The number of rotatable bonds is 5. The highest BCUT2D eigenvalue weighted by Crippen LogP contribution is 2.04. The number of pyridine rings is 1. The molecular weight excluding hydrogens is 209 g/mol. The molecule has 1 rings (SSSR count). The minimum atomic E-state index is -0.596. The maximum atomic E-state index is 13.2. The zero-order valence-electron chi connectivity index (χ0n) is 9.46. The van der Waals surface area contributed by atoms with Crippen LogP contribution in [0.4, 0.5) is 4.39 Å². The van der Waals surface area contributed by atoms with E-state index in [1.807, 2.05) is 14.0 Å². The standard InChI is InChI=1S/C11H16FN3O/c1-8(5-13-2)6-15-11(16)9-3-4-14-7-10(9)12/h3-4,7-8,13H,5-6H2,1-2H3,(H,15,16). The van der Waals surface area contributed by atoms with Gasteiger partial charge in [-0.1, -0.05) is 6.92 Å². The van der Waals surface area contributed by atoms with Gasteiger partial charge in [0.15, 0.2) is 5.82 Å². The van der Waals surface area contributed by atoms with Gasteiger partial charge in [-0.15, -0.1) is 0 Å². The number of nitrogens with zero attached hydrogens (tertiary/aromatic N) is 1. The van der Waals surface area contributed by atoms with E-state index in [1.54, 1.807) is 0 Å². The van der Waals surface area contributed by atoms with Gasteiger partial charge in [0, 0.05) is 12.7 Å². The molecular formula is C11H16FN3O. The van der Waals surface area contributed by atoms with Gasteiger partial charge < -0.3 is 10.6 Å². The van der Waals surface area contributed by atoms with E-state index in [9.17, 15) is 9.18 Å². The molecule has 4 nitrogen and oxygen atoms in total. The number of amides is 1. The Morgan fingerprint density at radius 2 is 2.31 bits per heavy atom. The van der Waals surface area contributed by atoms with Gasteiger partial charge in [-0.3, -0.25) is 9.78 Å². The maximum Gasteiger partial charge on any atom is 0.254 e.